The van der Waals surface area contributed by atoms with Gasteiger partial charge in [0.25, 0.3) is 0 Å². The number of nitrogens with zero attached hydrogens (tertiary/aromatic N) is 2. The van der Waals surface area contributed by atoms with Crippen LogP contribution in [-0.2, 0) is 5.41 Å². The number of nitrogens with one attached hydrogen (secondary N) is 2. The van der Waals surface area contributed by atoms with Crippen molar-refractivity contribution in [2.24, 2.45) is 0 Å². The second-order valence-electron chi connectivity index (χ2n) is 7.24. The van der Waals surface area contributed by atoms with Crippen molar-refractivity contribution in [3.8, 4) is 5.69 Å². The molecule has 2 amide bonds. The molecule has 0 bridgehead atoms. The molecular weight excluding hydrogens is 328 g/mol. The van der Waals surface area contributed by atoms with Gasteiger partial charge in [0.15, 0.2) is 5.82 Å². The zero-order valence-electron chi connectivity index (χ0n) is 14.4. The number of nitrogens with two attached hydrogens (primary N) is 1. The number of halogens is 2. The number of rotatable bonds is 3. The van der Waals surface area contributed by atoms with Gasteiger partial charge in [-0.15, -0.1) is 0 Å². The lowest BCUT2D eigenvalue weighted by Crippen LogP contribution is -2.31. The highest BCUT2D eigenvalue weighted by molar-refractivity contribution is 5.93. The van der Waals surface area contributed by atoms with Crippen molar-refractivity contribution < 1.29 is 13.6 Å². The van der Waals surface area contributed by atoms with Crippen LogP contribution in [0.3, 0.4) is 0 Å². The summed E-state index contributed by atoms with van der Waals surface area (Å²) >= 11 is 0. The van der Waals surface area contributed by atoms with Gasteiger partial charge in [0.1, 0.15) is 23.0 Å². The van der Waals surface area contributed by atoms with Gasteiger partial charge in [-0.2, -0.15) is 5.10 Å². The van der Waals surface area contributed by atoms with Crippen molar-refractivity contribution in [2.45, 2.75) is 45.1 Å². The number of carbonyl (C=O) groups excluding carboxylic acids is 1. The van der Waals surface area contributed by atoms with E-state index in [-0.39, 0.29) is 23.6 Å². The van der Waals surface area contributed by atoms with Crippen LogP contribution >= 0.6 is 0 Å². The lowest BCUT2D eigenvalue weighted by Gasteiger charge is -2.17. The van der Waals surface area contributed by atoms with E-state index in [4.69, 9.17) is 5.73 Å². The van der Waals surface area contributed by atoms with Crippen LogP contribution in [-0.4, -0.2) is 21.9 Å². The molecule has 0 aliphatic heterocycles. The average Bonchev–Trinajstić information content (AvgIpc) is 3.25. The molecule has 6 nitrogen and oxygen atoms in total. The Labute approximate surface area is 144 Å². The van der Waals surface area contributed by atoms with E-state index < -0.39 is 17.0 Å². The van der Waals surface area contributed by atoms with Crippen molar-refractivity contribution in [1.29, 1.82) is 0 Å². The normalized spacial score (nSPS) is 14.4. The fraction of sp³-hybridized carbons (Fsp3) is 0.412. The van der Waals surface area contributed by atoms with Crippen molar-refractivity contribution >= 4 is 17.5 Å². The Balaban J connectivity index is 2.05. The first-order chi connectivity index (χ1) is 11.7. The zero-order valence-corrected chi connectivity index (χ0v) is 14.4. The fourth-order valence-corrected chi connectivity index (χ4v) is 2.47. The molecule has 0 radical (unpaired) electrons. The number of urea groups is 1. The Morgan fingerprint density at radius 3 is 2.60 bits per heavy atom. The third-order valence-corrected chi connectivity index (χ3v) is 3.92. The molecule has 3 rings (SSSR count). The minimum atomic E-state index is -0.662. The van der Waals surface area contributed by atoms with E-state index in [9.17, 15) is 13.6 Å². The number of hydrogen-bond donors (Lipinski definition) is 3. The maximum absolute atomic E-state index is 14.1. The molecule has 2 aromatic rings. The summed E-state index contributed by atoms with van der Waals surface area (Å²) in [4.78, 5) is 12.1. The highest BCUT2D eigenvalue weighted by atomic mass is 19.1. The molecule has 134 valence electrons. The van der Waals surface area contributed by atoms with Crippen LogP contribution < -0.4 is 16.4 Å². The number of amides is 2. The minimum Gasteiger partial charge on any atom is -0.382 e. The zero-order chi connectivity index (χ0) is 18.4. The monoisotopic (exact) mass is 349 g/mol. The third kappa shape index (κ3) is 3.57. The van der Waals surface area contributed by atoms with Gasteiger partial charge >= 0.3 is 6.03 Å². The molecule has 0 spiro atoms. The smallest absolute Gasteiger partial charge is 0.319 e. The predicted octanol–water partition coefficient (Wildman–Crippen LogP) is 3.31. The first-order valence-corrected chi connectivity index (χ1v) is 8.08. The van der Waals surface area contributed by atoms with Gasteiger partial charge in [-0.25, -0.2) is 18.3 Å². The summed E-state index contributed by atoms with van der Waals surface area (Å²) in [6.45, 7) is 5.68. The van der Waals surface area contributed by atoms with Crippen LogP contribution in [0.4, 0.5) is 25.1 Å². The lowest BCUT2D eigenvalue weighted by molar-refractivity contribution is 0.251. The highest BCUT2D eigenvalue weighted by Crippen LogP contribution is 2.35. The van der Waals surface area contributed by atoms with Crippen LogP contribution in [0.5, 0.6) is 0 Å². The molecule has 1 aromatic carbocycles. The summed E-state index contributed by atoms with van der Waals surface area (Å²) in [5, 5.41) is 9.85. The summed E-state index contributed by atoms with van der Waals surface area (Å²) in [5.41, 5.74) is 6.32. The average molecular weight is 349 g/mol. The topological polar surface area (TPSA) is 85.0 Å². The van der Waals surface area contributed by atoms with E-state index >= 15 is 0 Å². The number of nitrogen functional groups attached to an aromatic ring is 1. The predicted molar refractivity (Wildman–Crippen MR) is 91.8 cm³/mol. The molecule has 8 heteroatoms. The third-order valence-electron chi connectivity index (χ3n) is 3.92. The SMILES string of the molecule is CC(C)(C)c1nn(-c2cc(F)ccc2F)c(N)c1NC(=O)NC1CC1. The minimum absolute atomic E-state index is 0.0420. The molecule has 1 heterocycles. The van der Waals surface area contributed by atoms with E-state index in [0.717, 1.165) is 35.7 Å². The summed E-state index contributed by atoms with van der Waals surface area (Å²) < 4.78 is 28.8. The van der Waals surface area contributed by atoms with Crippen molar-refractivity contribution in [3.05, 3.63) is 35.5 Å². The first kappa shape index (κ1) is 17.2. The van der Waals surface area contributed by atoms with E-state index in [1.807, 2.05) is 20.8 Å². The van der Waals surface area contributed by atoms with E-state index in [0.29, 0.717) is 11.4 Å². The molecule has 1 fully saturated rings. The number of hydrogen-bond acceptors (Lipinski definition) is 3. The Morgan fingerprint density at radius 1 is 1.32 bits per heavy atom. The van der Waals surface area contributed by atoms with Crippen molar-refractivity contribution in [1.82, 2.24) is 15.1 Å². The fourth-order valence-electron chi connectivity index (χ4n) is 2.47. The number of aromatic nitrogens is 2. The maximum Gasteiger partial charge on any atom is 0.319 e. The summed E-state index contributed by atoms with van der Waals surface area (Å²) in [6.07, 6.45) is 1.89. The second-order valence-corrected chi connectivity index (χ2v) is 7.24. The number of carbonyl (C=O) groups is 1. The Kier molecular flexibility index (Phi) is 4.14. The van der Waals surface area contributed by atoms with Crippen LogP contribution in [0.15, 0.2) is 18.2 Å². The van der Waals surface area contributed by atoms with Gasteiger partial charge in [-0.1, -0.05) is 20.8 Å². The summed E-state index contributed by atoms with van der Waals surface area (Å²) in [6, 6.07) is 2.83. The maximum atomic E-state index is 14.1. The van der Waals surface area contributed by atoms with E-state index in [1.54, 1.807) is 0 Å². The molecule has 1 aliphatic carbocycles. The van der Waals surface area contributed by atoms with Crippen molar-refractivity contribution in [3.63, 3.8) is 0 Å². The van der Waals surface area contributed by atoms with E-state index in [2.05, 4.69) is 15.7 Å². The Hall–Kier alpha value is -2.64. The number of anilines is 2. The molecule has 1 saturated carbocycles. The molecule has 4 N–H and O–H groups in total. The molecular formula is C17H21F2N5O. The van der Waals surface area contributed by atoms with Crippen LogP contribution in [0.25, 0.3) is 5.69 Å². The highest BCUT2D eigenvalue weighted by Gasteiger charge is 2.30. The van der Waals surface area contributed by atoms with E-state index in [1.165, 1.54) is 0 Å². The van der Waals surface area contributed by atoms with Gasteiger partial charge < -0.3 is 16.4 Å². The van der Waals surface area contributed by atoms with Crippen LogP contribution in [0.1, 0.15) is 39.3 Å². The van der Waals surface area contributed by atoms with Gasteiger partial charge in [0.2, 0.25) is 0 Å². The molecule has 1 aliphatic rings. The van der Waals surface area contributed by atoms with Gasteiger partial charge in [-0.05, 0) is 25.0 Å². The standard InChI is InChI=1S/C17H21F2N5O/c1-17(2,3)14-13(22-16(25)21-10-5-6-10)15(20)24(23-14)12-8-9(18)4-7-11(12)19/h4,7-8,10H,5-6,20H2,1-3H3,(H2,21,22,25). The second kappa shape index (κ2) is 6.02. The molecule has 1 aromatic heterocycles. The largest absolute Gasteiger partial charge is 0.382 e. The summed E-state index contributed by atoms with van der Waals surface area (Å²) in [5.74, 6) is -1.23. The van der Waals surface area contributed by atoms with Gasteiger partial charge in [0.05, 0.1) is 5.69 Å². The summed E-state index contributed by atoms with van der Waals surface area (Å²) in [7, 11) is 0. The Morgan fingerprint density at radius 2 is 2.00 bits per heavy atom. The van der Waals surface area contributed by atoms with Crippen LogP contribution in [0.2, 0.25) is 0 Å². The molecule has 0 unspecified atom stereocenters. The Bertz CT molecular complexity index is 821. The molecule has 25 heavy (non-hydrogen) atoms. The molecule has 0 atom stereocenters. The van der Waals surface area contributed by atoms with Crippen molar-refractivity contribution in [2.75, 3.05) is 11.1 Å². The quantitative estimate of drug-likeness (QED) is 0.795. The molecule has 0 saturated heterocycles. The van der Waals surface area contributed by atoms with Gasteiger partial charge in [0, 0.05) is 17.5 Å². The first-order valence-electron chi connectivity index (χ1n) is 8.08. The number of benzene rings is 1. The lowest BCUT2D eigenvalue weighted by atomic mass is 9.91. The van der Waals surface area contributed by atoms with Crippen LogP contribution in [0, 0.1) is 11.6 Å². The van der Waals surface area contributed by atoms with Gasteiger partial charge in [-0.3, -0.25) is 0 Å².